The molecule has 0 spiro atoms. The number of aromatic nitrogens is 1. The van der Waals surface area contributed by atoms with Crippen molar-refractivity contribution in [1.82, 2.24) is 10.1 Å². The van der Waals surface area contributed by atoms with Crippen molar-refractivity contribution in [3.05, 3.63) is 52.4 Å². The molecular weight excluding hydrogens is 333 g/mol. The van der Waals surface area contributed by atoms with E-state index in [2.05, 4.69) is 5.16 Å². The molecule has 0 unspecified atom stereocenters. The molecule has 4 nitrogen and oxygen atoms in total. The van der Waals surface area contributed by atoms with Crippen LogP contribution in [0, 0.1) is 6.92 Å². The summed E-state index contributed by atoms with van der Waals surface area (Å²) < 4.78 is 44.1. The minimum atomic E-state index is -4.47. The summed E-state index contributed by atoms with van der Waals surface area (Å²) in [7, 11) is 0. The van der Waals surface area contributed by atoms with E-state index in [1.165, 1.54) is 12.1 Å². The second-order valence-electron chi connectivity index (χ2n) is 6.19. The van der Waals surface area contributed by atoms with Crippen molar-refractivity contribution in [2.45, 2.75) is 45.3 Å². The zero-order valence-corrected chi connectivity index (χ0v) is 14.1. The molecule has 134 valence electrons. The van der Waals surface area contributed by atoms with E-state index in [4.69, 9.17) is 4.52 Å². The van der Waals surface area contributed by atoms with E-state index < -0.39 is 17.6 Å². The summed E-state index contributed by atoms with van der Waals surface area (Å²) in [6, 6.07) is 4.37. The molecule has 7 heteroatoms. The highest BCUT2D eigenvalue weighted by Crippen LogP contribution is 2.37. The number of carbonyl (C=O) groups excluding carboxylic acids is 1. The maximum absolute atomic E-state index is 12.9. The first kappa shape index (κ1) is 17.5. The topological polar surface area (TPSA) is 46.3 Å². The molecule has 1 amide bonds. The van der Waals surface area contributed by atoms with E-state index >= 15 is 0 Å². The zero-order valence-electron chi connectivity index (χ0n) is 14.1. The Hall–Kier alpha value is -2.31. The van der Waals surface area contributed by atoms with Crippen molar-refractivity contribution in [2.75, 3.05) is 6.54 Å². The van der Waals surface area contributed by atoms with Gasteiger partial charge in [0.1, 0.15) is 5.76 Å². The maximum atomic E-state index is 12.9. The molecule has 1 atom stereocenters. The van der Waals surface area contributed by atoms with E-state index in [9.17, 15) is 18.0 Å². The van der Waals surface area contributed by atoms with Crippen molar-refractivity contribution >= 4 is 5.91 Å². The minimum absolute atomic E-state index is 0.0499. The van der Waals surface area contributed by atoms with E-state index in [0.717, 1.165) is 42.0 Å². The van der Waals surface area contributed by atoms with Gasteiger partial charge in [0.25, 0.3) is 5.91 Å². The lowest BCUT2D eigenvalue weighted by molar-refractivity contribution is -0.137. The van der Waals surface area contributed by atoms with Gasteiger partial charge in [-0.25, -0.2) is 0 Å². The molecule has 3 rings (SSSR count). The second kappa shape index (κ2) is 6.54. The molecule has 1 aliphatic heterocycles. The van der Waals surface area contributed by atoms with Crippen molar-refractivity contribution in [3.8, 4) is 0 Å². The van der Waals surface area contributed by atoms with Gasteiger partial charge >= 0.3 is 6.18 Å². The lowest BCUT2D eigenvalue weighted by atomic mass is 10.0. The number of halogens is 3. The maximum Gasteiger partial charge on any atom is 0.416 e. The molecule has 2 heterocycles. The number of benzene rings is 1. The van der Waals surface area contributed by atoms with E-state index in [0.29, 0.717) is 13.0 Å². The molecule has 1 saturated heterocycles. The molecule has 2 aromatic rings. The largest absolute Gasteiger partial charge is 0.416 e. The number of aryl methyl sites for hydroxylation is 2. The fraction of sp³-hybridized carbons (Fsp3) is 0.444. The minimum Gasteiger partial charge on any atom is -0.361 e. The van der Waals surface area contributed by atoms with Crippen LogP contribution in [0.3, 0.4) is 0 Å². The normalized spacial score (nSPS) is 18.0. The lowest BCUT2D eigenvalue weighted by Gasteiger charge is -2.25. The van der Waals surface area contributed by atoms with Crippen LogP contribution >= 0.6 is 0 Å². The molecule has 1 aromatic heterocycles. The van der Waals surface area contributed by atoms with Gasteiger partial charge in [0, 0.05) is 24.1 Å². The Labute approximate surface area is 143 Å². The van der Waals surface area contributed by atoms with E-state index in [-0.39, 0.29) is 11.6 Å². The average Bonchev–Trinajstić information content (AvgIpc) is 3.19. The van der Waals surface area contributed by atoms with Gasteiger partial charge < -0.3 is 9.42 Å². The number of nitrogens with zero attached hydrogens (tertiary/aromatic N) is 2. The first-order chi connectivity index (χ1) is 11.8. The van der Waals surface area contributed by atoms with Gasteiger partial charge in [-0.1, -0.05) is 18.1 Å². The molecule has 1 fully saturated rings. The summed E-state index contributed by atoms with van der Waals surface area (Å²) in [6.45, 7) is 4.27. The van der Waals surface area contributed by atoms with Gasteiger partial charge in [0.2, 0.25) is 0 Å². The molecule has 1 aromatic carbocycles. The van der Waals surface area contributed by atoms with Crippen LogP contribution in [0.4, 0.5) is 13.2 Å². The summed E-state index contributed by atoms with van der Waals surface area (Å²) >= 11 is 0. The van der Waals surface area contributed by atoms with Gasteiger partial charge in [-0.3, -0.25) is 4.79 Å². The van der Waals surface area contributed by atoms with Crippen LogP contribution in [0.2, 0.25) is 0 Å². The smallest absolute Gasteiger partial charge is 0.361 e. The first-order valence-corrected chi connectivity index (χ1v) is 8.26. The fourth-order valence-electron chi connectivity index (χ4n) is 3.41. The predicted octanol–water partition coefficient (Wildman–Crippen LogP) is 4.54. The molecule has 0 N–H and O–H groups in total. The number of alkyl halides is 3. The first-order valence-electron chi connectivity index (χ1n) is 8.26. The third-order valence-corrected chi connectivity index (χ3v) is 4.59. The SMILES string of the molecule is CCc1onc(C)c1[C@H]1CCCN1C(=O)c1cccc(C(F)(F)F)c1. The van der Waals surface area contributed by atoms with Gasteiger partial charge in [-0.05, 0) is 38.0 Å². The fourth-order valence-corrected chi connectivity index (χ4v) is 3.41. The molecule has 25 heavy (non-hydrogen) atoms. The summed E-state index contributed by atoms with van der Waals surface area (Å²) in [5, 5.41) is 3.98. The predicted molar refractivity (Wildman–Crippen MR) is 85.1 cm³/mol. The number of likely N-dealkylation sites (tertiary alicyclic amines) is 1. The Morgan fingerprint density at radius 1 is 1.40 bits per heavy atom. The van der Waals surface area contributed by atoms with Gasteiger partial charge in [0.05, 0.1) is 17.3 Å². The number of hydrogen-bond acceptors (Lipinski definition) is 3. The molecule has 0 aliphatic carbocycles. The van der Waals surface area contributed by atoms with E-state index in [1.54, 1.807) is 4.90 Å². The average molecular weight is 352 g/mol. The van der Waals surface area contributed by atoms with Crippen molar-refractivity contribution in [1.29, 1.82) is 0 Å². The highest BCUT2D eigenvalue weighted by molar-refractivity contribution is 5.95. The van der Waals surface area contributed by atoms with Crippen LogP contribution in [-0.4, -0.2) is 22.5 Å². The molecule has 0 radical (unpaired) electrons. The Kier molecular flexibility index (Phi) is 4.58. The highest BCUT2D eigenvalue weighted by atomic mass is 19.4. The van der Waals surface area contributed by atoms with Gasteiger partial charge in [-0.15, -0.1) is 0 Å². The van der Waals surface area contributed by atoms with Crippen molar-refractivity contribution in [3.63, 3.8) is 0 Å². The number of hydrogen-bond donors (Lipinski definition) is 0. The number of rotatable bonds is 3. The van der Waals surface area contributed by atoms with Crippen LogP contribution in [-0.2, 0) is 12.6 Å². The van der Waals surface area contributed by atoms with Crippen LogP contribution in [0.25, 0.3) is 0 Å². The Balaban J connectivity index is 1.93. The molecule has 0 bridgehead atoms. The number of carbonyl (C=O) groups is 1. The molecule has 0 saturated carbocycles. The number of amides is 1. The highest BCUT2D eigenvalue weighted by Gasteiger charge is 2.36. The van der Waals surface area contributed by atoms with Crippen LogP contribution in [0.5, 0.6) is 0 Å². The third kappa shape index (κ3) is 3.27. The molecular formula is C18H19F3N2O2. The standard InChI is InChI=1S/C18H19F3N2O2/c1-3-15-16(11(2)22-25-15)14-8-5-9-23(14)17(24)12-6-4-7-13(10-12)18(19,20)21/h4,6-7,10,14H,3,5,8-9H2,1-2H3/t14-/m1/s1. The van der Waals surface area contributed by atoms with Crippen LogP contribution < -0.4 is 0 Å². The van der Waals surface area contributed by atoms with Gasteiger partial charge in [0.15, 0.2) is 0 Å². The zero-order chi connectivity index (χ0) is 18.2. The summed E-state index contributed by atoms with van der Waals surface area (Å²) in [5.74, 6) is 0.336. The summed E-state index contributed by atoms with van der Waals surface area (Å²) in [5.41, 5.74) is 0.851. The lowest BCUT2D eigenvalue weighted by Crippen LogP contribution is -2.31. The molecule has 1 aliphatic rings. The van der Waals surface area contributed by atoms with Crippen LogP contribution in [0.15, 0.2) is 28.8 Å². The monoisotopic (exact) mass is 352 g/mol. The second-order valence-corrected chi connectivity index (χ2v) is 6.19. The third-order valence-electron chi connectivity index (χ3n) is 4.59. The Morgan fingerprint density at radius 3 is 2.84 bits per heavy atom. The van der Waals surface area contributed by atoms with E-state index in [1.807, 2.05) is 13.8 Å². The Morgan fingerprint density at radius 2 is 2.16 bits per heavy atom. The summed E-state index contributed by atoms with van der Waals surface area (Å²) in [4.78, 5) is 14.5. The summed E-state index contributed by atoms with van der Waals surface area (Å²) in [6.07, 6.45) is -2.28. The van der Waals surface area contributed by atoms with Crippen LogP contribution in [0.1, 0.15) is 58.7 Å². The van der Waals surface area contributed by atoms with Gasteiger partial charge in [-0.2, -0.15) is 13.2 Å². The quantitative estimate of drug-likeness (QED) is 0.815. The van der Waals surface area contributed by atoms with Crippen molar-refractivity contribution in [2.24, 2.45) is 0 Å². The van der Waals surface area contributed by atoms with Crippen molar-refractivity contribution < 1.29 is 22.5 Å². The Bertz CT molecular complexity index is 783.